The summed E-state index contributed by atoms with van der Waals surface area (Å²) in [6.45, 7) is 5.77. The molecular formula is C9H16O. The minimum atomic E-state index is 0.288. The van der Waals surface area contributed by atoms with Crippen LogP contribution >= 0.6 is 0 Å². The second kappa shape index (κ2) is 5.21. The van der Waals surface area contributed by atoms with E-state index in [9.17, 15) is 4.79 Å². The molecule has 0 amide bonds. The molecule has 0 radical (unpaired) electrons. The normalized spacial score (nSPS) is 13.9. The molecule has 58 valence electrons. The number of hydrogen-bond donors (Lipinski definition) is 0. The Kier molecular flexibility index (Phi) is 4.91. The van der Waals surface area contributed by atoms with Crippen LogP contribution in [0.3, 0.4) is 0 Å². The van der Waals surface area contributed by atoms with Gasteiger partial charge in [0.05, 0.1) is 0 Å². The molecule has 0 aromatic heterocycles. The van der Waals surface area contributed by atoms with Gasteiger partial charge in [-0.2, -0.15) is 0 Å². The third-order valence-corrected chi connectivity index (χ3v) is 1.47. The van der Waals surface area contributed by atoms with E-state index < -0.39 is 0 Å². The second-order valence-corrected chi connectivity index (χ2v) is 2.74. The van der Waals surface area contributed by atoms with Crippen LogP contribution in [0.15, 0.2) is 12.2 Å². The van der Waals surface area contributed by atoms with E-state index in [-0.39, 0.29) is 5.78 Å². The van der Waals surface area contributed by atoms with Crippen molar-refractivity contribution >= 4 is 5.78 Å². The van der Waals surface area contributed by atoms with E-state index in [0.717, 1.165) is 6.42 Å². The fraction of sp³-hybridized carbons (Fsp3) is 0.667. The van der Waals surface area contributed by atoms with Crippen molar-refractivity contribution in [2.24, 2.45) is 5.92 Å². The lowest BCUT2D eigenvalue weighted by molar-refractivity contribution is -0.117. The maximum atomic E-state index is 10.5. The highest BCUT2D eigenvalue weighted by molar-refractivity contribution is 5.75. The van der Waals surface area contributed by atoms with Crippen LogP contribution in [0, 0.1) is 5.92 Å². The Morgan fingerprint density at radius 1 is 1.60 bits per heavy atom. The average molecular weight is 140 g/mol. The molecule has 0 rings (SSSR count). The number of ketones is 1. The smallest absolute Gasteiger partial charge is 0.129 e. The highest BCUT2D eigenvalue weighted by Gasteiger charge is 1.98. The maximum Gasteiger partial charge on any atom is 0.129 e. The van der Waals surface area contributed by atoms with Crippen molar-refractivity contribution in [1.29, 1.82) is 0 Å². The van der Waals surface area contributed by atoms with Crippen LogP contribution in [0.1, 0.15) is 33.6 Å². The zero-order valence-electron chi connectivity index (χ0n) is 7.05. The molecular weight excluding hydrogens is 124 g/mol. The van der Waals surface area contributed by atoms with Crippen LogP contribution in [0.4, 0.5) is 0 Å². The van der Waals surface area contributed by atoms with E-state index in [0.29, 0.717) is 12.3 Å². The highest BCUT2D eigenvalue weighted by Crippen LogP contribution is 2.06. The lowest BCUT2D eigenvalue weighted by Gasteiger charge is -2.01. The number of carbonyl (C=O) groups is 1. The van der Waals surface area contributed by atoms with Crippen molar-refractivity contribution in [3.8, 4) is 0 Å². The van der Waals surface area contributed by atoms with Gasteiger partial charge in [-0.1, -0.05) is 19.1 Å². The molecule has 1 nitrogen and oxygen atoms in total. The van der Waals surface area contributed by atoms with Crippen molar-refractivity contribution < 1.29 is 4.79 Å². The van der Waals surface area contributed by atoms with Crippen molar-refractivity contribution in [1.82, 2.24) is 0 Å². The third kappa shape index (κ3) is 5.54. The molecule has 0 bridgehead atoms. The lowest BCUT2D eigenvalue weighted by Crippen LogP contribution is -1.95. The summed E-state index contributed by atoms with van der Waals surface area (Å²) in [5, 5.41) is 0. The molecule has 0 N–H and O–H groups in total. The molecule has 0 heterocycles. The maximum absolute atomic E-state index is 10.5. The van der Waals surface area contributed by atoms with E-state index in [4.69, 9.17) is 0 Å². The van der Waals surface area contributed by atoms with Crippen molar-refractivity contribution in [2.75, 3.05) is 0 Å². The van der Waals surface area contributed by atoms with Gasteiger partial charge in [0.2, 0.25) is 0 Å². The number of Topliss-reactive ketones (excluding diaryl/α,β-unsaturated/α-hetero) is 1. The summed E-state index contributed by atoms with van der Waals surface area (Å²) in [6.07, 6.45) is 5.86. The Hall–Kier alpha value is -0.590. The van der Waals surface area contributed by atoms with Gasteiger partial charge in [0.15, 0.2) is 0 Å². The summed E-state index contributed by atoms with van der Waals surface area (Å²) in [7, 11) is 0. The van der Waals surface area contributed by atoms with Crippen LogP contribution < -0.4 is 0 Å². The van der Waals surface area contributed by atoms with Gasteiger partial charge in [0, 0.05) is 6.42 Å². The second-order valence-electron chi connectivity index (χ2n) is 2.74. The minimum absolute atomic E-state index is 0.288. The number of rotatable bonds is 4. The van der Waals surface area contributed by atoms with Crippen molar-refractivity contribution in [3.05, 3.63) is 12.2 Å². The summed E-state index contributed by atoms with van der Waals surface area (Å²) >= 11 is 0. The van der Waals surface area contributed by atoms with E-state index in [1.54, 1.807) is 6.92 Å². The summed E-state index contributed by atoms with van der Waals surface area (Å²) in [5.41, 5.74) is 0. The quantitative estimate of drug-likeness (QED) is 0.548. The van der Waals surface area contributed by atoms with Gasteiger partial charge < -0.3 is 4.79 Å². The van der Waals surface area contributed by atoms with Crippen LogP contribution in [-0.4, -0.2) is 5.78 Å². The Bertz CT molecular complexity index is 125. The van der Waals surface area contributed by atoms with Gasteiger partial charge in [-0.3, -0.25) is 0 Å². The Labute approximate surface area is 63.1 Å². The molecule has 1 atom stereocenters. The lowest BCUT2D eigenvalue weighted by atomic mass is 10.0. The van der Waals surface area contributed by atoms with Gasteiger partial charge in [-0.05, 0) is 26.2 Å². The van der Waals surface area contributed by atoms with Crippen LogP contribution in [0.2, 0.25) is 0 Å². The van der Waals surface area contributed by atoms with Crippen molar-refractivity contribution in [2.45, 2.75) is 33.6 Å². The molecule has 0 aromatic carbocycles. The molecule has 0 aliphatic carbocycles. The van der Waals surface area contributed by atoms with Gasteiger partial charge in [0.25, 0.3) is 0 Å². The first-order valence-electron chi connectivity index (χ1n) is 3.79. The van der Waals surface area contributed by atoms with Crippen molar-refractivity contribution in [3.63, 3.8) is 0 Å². The molecule has 0 saturated carbocycles. The standard InChI is InChI=1S/C9H16O/c1-4-5-8(2)6-7-9(3)10/h4-5,8H,6-7H2,1-3H3/b5-4+. The van der Waals surface area contributed by atoms with E-state index in [1.165, 1.54) is 0 Å². The summed E-state index contributed by atoms with van der Waals surface area (Å²) in [4.78, 5) is 10.5. The number of carbonyl (C=O) groups excluding carboxylic acids is 1. The van der Waals surface area contributed by atoms with Gasteiger partial charge in [0.1, 0.15) is 5.78 Å². The Morgan fingerprint density at radius 3 is 2.60 bits per heavy atom. The molecule has 0 aliphatic heterocycles. The van der Waals surface area contributed by atoms with E-state index >= 15 is 0 Å². The van der Waals surface area contributed by atoms with Crippen LogP contribution in [-0.2, 0) is 4.79 Å². The fourth-order valence-electron chi connectivity index (χ4n) is 0.856. The molecule has 0 aromatic rings. The molecule has 10 heavy (non-hydrogen) atoms. The van der Waals surface area contributed by atoms with Crippen LogP contribution in [0.25, 0.3) is 0 Å². The number of hydrogen-bond acceptors (Lipinski definition) is 1. The molecule has 0 saturated heterocycles. The molecule has 0 spiro atoms. The Balaban J connectivity index is 3.39. The van der Waals surface area contributed by atoms with Gasteiger partial charge >= 0.3 is 0 Å². The first kappa shape index (κ1) is 9.41. The van der Waals surface area contributed by atoms with Gasteiger partial charge in [-0.25, -0.2) is 0 Å². The third-order valence-electron chi connectivity index (χ3n) is 1.47. The molecule has 0 fully saturated rings. The summed E-state index contributed by atoms with van der Waals surface area (Å²) in [6, 6.07) is 0. The fourth-order valence-corrected chi connectivity index (χ4v) is 0.856. The highest BCUT2D eigenvalue weighted by atomic mass is 16.1. The zero-order valence-corrected chi connectivity index (χ0v) is 7.05. The first-order valence-corrected chi connectivity index (χ1v) is 3.79. The average Bonchev–Trinajstić information content (AvgIpc) is 1.85. The predicted molar refractivity (Wildman–Crippen MR) is 43.9 cm³/mol. The minimum Gasteiger partial charge on any atom is -0.300 e. The number of allylic oxidation sites excluding steroid dienone is 2. The first-order chi connectivity index (χ1) is 4.66. The predicted octanol–water partition coefficient (Wildman–Crippen LogP) is 2.57. The van der Waals surface area contributed by atoms with E-state index in [1.807, 2.05) is 13.0 Å². The Morgan fingerprint density at radius 2 is 2.20 bits per heavy atom. The summed E-state index contributed by atoms with van der Waals surface area (Å²) < 4.78 is 0. The van der Waals surface area contributed by atoms with Crippen LogP contribution in [0.5, 0.6) is 0 Å². The zero-order chi connectivity index (χ0) is 7.98. The monoisotopic (exact) mass is 140 g/mol. The topological polar surface area (TPSA) is 17.1 Å². The van der Waals surface area contributed by atoms with E-state index in [2.05, 4.69) is 13.0 Å². The summed E-state index contributed by atoms with van der Waals surface area (Å²) in [5.74, 6) is 0.838. The largest absolute Gasteiger partial charge is 0.300 e. The molecule has 1 heteroatoms. The SMILES string of the molecule is C/C=C/C(C)CCC(C)=O. The molecule has 1 unspecified atom stereocenters. The molecule has 0 aliphatic rings. The van der Waals surface area contributed by atoms with Gasteiger partial charge in [-0.15, -0.1) is 0 Å².